The van der Waals surface area contributed by atoms with Crippen LogP contribution in [0, 0.1) is 5.92 Å². The van der Waals surface area contributed by atoms with Crippen molar-refractivity contribution in [1.29, 1.82) is 0 Å². The molecular weight excluding hydrogens is 356 g/mol. The summed E-state index contributed by atoms with van der Waals surface area (Å²) in [7, 11) is 1.89. The maximum atomic E-state index is 12.7. The van der Waals surface area contributed by atoms with E-state index in [4.69, 9.17) is 0 Å². The van der Waals surface area contributed by atoms with Gasteiger partial charge in [0.15, 0.2) is 0 Å². The molecule has 1 aliphatic carbocycles. The number of fused-ring (bicyclic) bond motifs is 1. The van der Waals surface area contributed by atoms with Crippen LogP contribution in [0.2, 0.25) is 0 Å². The average Bonchev–Trinajstić information content (AvgIpc) is 2.90. The number of rotatable bonds is 3. The molecule has 2 atom stereocenters. The van der Waals surface area contributed by atoms with Crippen LogP contribution in [0.5, 0.6) is 0 Å². The van der Waals surface area contributed by atoms with E-state index in [2.05, 4.69) is 38.3 Å². The highest BCUT2D eigenvalue weighted by Gasteiger charge is 2.54. The molecule has 2 N–H and O–H groups in total. The number of carbonyl (C=O) groups is 1. The van der Waals surface area contributed by atoms with Gasteiger partial charge in [0.25, 0.3) is 5.91 Å². The molecule has 23 heavy (non-hydrogen) atoms. The number of aryl methyl sites for hydroxylation is 1. The van der Waals surface area contributed by atoms with Crippen molar-refractivity contribution in [3.63, 3.8) is 0 Å². The fraction of sp³-hybridized carbons (Fsp3) is 0.294. The Morgan fingerprint density at radius 1 is 1.48 bits per heavy atom. The Morgan fingerprint density at radius 2 is 2.26 bits per heavy atom. The van der Waals surface area contributed by atoms with E-state index in [1.807, 2.05) is 43.7 Å². The molecule has 0 radical (unpaired) electrons. The second-order valence-electron chi connectivity index (χ2n) is 6.35. The fourth-order valence-electron chi connectivity index (χ4n) is 3.22. The third-order valence-electron chi connectivity index (χ3n) is 4.69. The standard InChI is InChI=1S/C17H17BrN4O/c1-10-7-17(10,12-8-19-22(2)9-12)21-16(23)15-6-11-5-13(18)3-4-14(11)20-15/h3-6,8-10,20H,7H2,1-2H3,(H,21,23). The van der Waals surface area contributed by atoms with Crippen LogP contribution in [0.1, 0.15) is 29.4 Å². The number of nitrogens with one attached hydrogen (secondary N) is 2. The van der Waals surface area contributed by atoms with Crippen molar-refractivity contribution >= 4 is 32.7 Å². The predicted molar refractivity (Wildman–Crippen MR) is 92.1 cm³/mol. The topological polar surface area (TPSA) is 62.7 Å². The Morgan fingerprint density at radius 3 is 2.91 bits per heavy atom. The first-order valence-corrected chi connectivity index (χ1v) is 8.37. The van der Waals surface area contributed by atoms with Gasteiger partial charge in [-0.15, -0.1) is 0 Å². The molecule has 1 amide bonds. The van der Waals surface area contributed by atoms with Gasteiger partial charge in [-0.1, -0.05) is 22.9 Å². The monoisotopic (exact) mass is 372 g/mol. The first-order valence-electron chi connectivity index (χ1n) is 7.58. The molecule has 2 aromatic heterocycles. The summed E-state index contributed by atoms with van der Waals surface area (Å²) in [6, 6.07) is 7.81. The third kappa shape index (κ3) is 2.37. The smallest absolute Gasteiger partial charge is 0.268 e. The van der Waals surface area contributed by atoms with Crippen LogP contribution in [-0.4, -0.2) is 20.7 Å². The minimum Gasteiger partial charge on any atom is -0.351 e. The predicted octanol–water partition coefficient (Wildman–Crippen LogP) is 3.33. The molecule has 0 aliphatic heterocycles. The molecule has 1 aliphatic rings. The zero-order chi connectivity index (χ0) is 16.2. The lowest BCUT2D eigenvalue weighted by atomic mass is 10.1. The van der Waals surface area contributed by atoms with Gasteiger partial charge >= 0.3 is 0 Å². The number of halogens is 1. The Hall–Kier alpha value is -2.08. The van der Waals surface area contributed by atoms with E-state index in [9.17, 15) is 4.79 Å². The SMILES string of the molecule is CC1CC1(NC(=O)c1cc2cc(Br)ccc2[nH]1)c1cnn(C)c1. The van der Waals surface area contributed by atoms with E-state index in [-0.39, 0.29) is 11.4 Å². The molecule has 2 unspecified atom stereocenters. The van der Waals surface area contributed by atoms with Gasteiger partial charge in [0.1, 0.15) is 5.69 Å². The van der Waals surface area contributed by atoms with Crippen molar-refractivity contribution in [3.8, 4) is 0 Å². The van der Waals surface area contributed by atoms with E-state index in [0.717, 1.165) is 27.4 Å². The summed E-state index contributed by atoms with van der Waals surface area (Å²) in [5, 5.41) is 8.45. The molecule has 2 heterocycles. The minimum atomic E-state index is -0.288. The van der Waals surface area contributed by atoms with E-state index >= 15 is 0 Å². The highest BCUT2D eigenvalue weighted by Crippen LogP contribution is 2.51. The lowest BCUT2D eigenvalue weighted by molar-refractivity contribution is 0.0923. The van der Waals surface area contributed by atoms with E-state index in [1.54, 1.807) is 4.68 Å². The first-order chi connectivity index (χ1) is 11.0. The fourth-order valence-corrected chi connectivity index (χ4v) is 3.60. The lowest BCUT2D eigenvalue weighted by Gasteiger charge is -2.16. The van der Waals surface area contributed by atoms with E-state index in [1.165, 1.54) is 0 Å². The summed E-state index contributed by atoms with van der Waals surface area (Å²) in [6.45, 7) is 2.15. The molecule has 118 valence electrons. The largest absolute Gasteiger partial charge is 0.351 e. The van der Waals surface area contributed by atoms with Crippen LogP contribution in [0.3, 0.4) is 0 Å². The van der Waals surface area contributed by atoms with Gasteiger partial charge in [-0.3, -0.25) is 9.48 Å². The zero-order valence-electron chi connectivity index (χ0n) is 12.9. The number of benzene rings is 1. The van der Waals surface area contributed by atoms with Gasteiger partial charge in [-0.2, -0.15) is 5.10 Å². The Bertz CT molecular complexity index is 912. The van der Waals surface area contributed by atoms with Crippen molar-refractivity contribution < 1.29 is 4.79 Å². The zero-order valence-corrected chi connectivity index (χ0v) is 14.5. The van der Waals surface area contributed by atoms with Gasteiger partial charge in [0.2, 0.25) is 0 Å². The first kappa shape index (κ1) is 14.5. The van der Waals surface area contributed by atoms with Gasteiger partial charge in [0, 0.05) is 34.2 Å². The highest BCUT2D eigenvalue weighted by atomic mass is 79.9. The summed E-state index contributed by atoms with van der Waals surface area (Å²) < 4.78 is 2.77. The molecular formula is C17H17BrN4O. The number of carbonyl (C=O) groups excluding carboxylic acids is 1. The number of nitrogens with zero attached hydrogens (tertiary/aromatic N) is 2. The molecule has 1 fully saturated rings. The highest BCUT2D eigenvalue weighted by molar-refractivity contribution is 9.10. The maximum absolute atomic E-state index is 12.7. The lowest BCUT2D eigenvalue weighted by Crippen LogP contribution is -2.36. The second kappa shape index (κ2) is 4.96. The number of aromatic amines is 1. The van der Waals surface area contributed by atoms with Crippen molar-refractivity contribution in [3.05, 3.63) is 52.4 Å². The summed E-state index contributed by atoms with van der Waals surface area (Å²) in [5.74, 6) is 0.333. The van der Waals surface area contributed by atoms with Crippen LogP contribution < -0.4 is 5.32 Å². The van der Waals surface area contributed by atoms with Crippen molar-refractivity contribution in [2.24, 2.45) is 13.0 Å². The van der Waals surface area contributed by atoms with Crippen LogP contribution in [-0.2, 0) is 12.6 Å². The molecule has 0 spiro atoms. The summed E-state index contributed by atoms with van der Waals surface area (Å²) in [4.78, 5) is 15.9. The number of amides is 1. The molecule has 5 nitrogen and oxygen atoms in total. The quantitative estimate of drug-likeness (QED) is 0.740. The number of aromatic nitrogens is 3. The summed E-state index contributed by atoms with van der Waals surface area (Å²) in [5.41, 5.74) is 2.32. The molecule has 1 saturated carbocycles. The second-order valence-corrected chi connectivity index (χ2v) is 7.26. The Labute approximate surface area is 142 Å². The molecule has 6 heteroatoms. The molecule has 0 bridgehead atoms. The van der Waals surface area contributed by atoms with Gasteiger partial charge in [-0.25, -0.2) is 0 Å². The van der Waals surface area contributed by atoms with Crippen molar-refractivity contribution in [2.75, 3.05) is 0 Å². The Kier molecular flexibility index (Phi) is 3.13. The van der Waals surface area contributed by atoms with Crippen LogP contribution in [0.4, 0.5) is 0 Å². The summed E-state index contributed by atoms with van der Waals surface area (Å²) >= 11 is 3.45. The number of H-pyrrole nitrogens is 1. The van der Waals surface area contributed by atoms with Crippen LogP contribution >= 0.6 is 15.9 Å². The summed E-state index contributed by atoms with van der Waals surface area (Å²) in [6.07, 6.45) is 4.76. The molecule has 3 aromatic rings. The third-order valence-corrected chi connectivity index (χ3v) is 5.19. The van der Waals surface area contributed by atoms with Crippen molar-refractivity contribution in [1.82, 2.24) is 20.1 Å². The number of hydrogen-bond acceptors (Lipinski definition) is 2. The van der Waals surface area contributed by atoms with E-state index < -0.39 is 0 Å². The minimum absolute atomic E-state index is 0.0782. The maximum Gasteiger partial charge on any atom is 0.268 e. The van der Waals surface area contributed by atoms with Gasteiger partial charge < -0.3 is 10.3 Å². The molecule has 0 saturated heterocycles. The molecule has 1 aromatic carbocycles. The number of hydrogen-bond donors (Lipinski definition) is 2. The van der Waals surface area contributed by atoms with Crippen LogP contribution in [0.15, 0.2) is 41.1 Å². The van der Waals surface area contributed by atoms with Crippen LogP contribution in [0.25, 0.3) is 10.9 Å². The average molecular weight is 373 g/mol. The molecule has 4 rings (SSSR count). The van der Waals surface area contributed by atoms with Gasteiger partial charge in [-0.05, 0) is 36.6 Å². The van der Waals surface area contributed by atoms with Gasteiger partial charge in [0.05, 0.1) is 11.7 Å². The van der Waals surface area contributed by atoms with Crippen molar-refractivity contribution in [2.45, 2.75) is 18.9 Å². The normalized spacial score (nSPS) is 23.2. The Balaban J connectivity index is 1.63. The van der Waals surface area contributed by atoms with E-state index in [0.29, 0.717) is 11.6 Å².